The molecule has 1 heterocycles. The average molecular weight is 345 g/mol. The van der Waals surface area contributed by atoms with Gasteiger partial charge < -0.3 is 16.0 Å². The van der Waals surface area contributed by atoms with E-state index in [-0.39, 0.29) is 11.9 Å². The molecule has 1 aromatic heterocycles. The molecule has 0 unspecified atom stereocenters. The first-order valence-electron chi connectivity index (χ1n) is 7.74. The zero-order valence-electron chi connectivity index (χ0n) is 13.9. The van der Waals surface area contributed by atoms with E-state index in [9.17, 15) is 4.79 Å². The lowest BCUT2D eigenvalue weighted by Crippen LogP contribution is -2.06. The molecule has 0 saturated heterocycles. The van der Waals surface area contributed by atoms with Gasteiger partial charge in [-0.05, 0) is 30.3 Å². The normalized spacial score (nSPS) is 9.85. The van der Waals surface area contributed by atoms with Crippen LogP contribution in [0.3, 0.4) is 0 Å². The lowest BCUT2D eigenvalue weighted by atomic mass is 10.2. The van der Waals surface area contributed by atoms with Crippen LogP contribution in [0.1, 0.15) is 12.5 Å². The van der Waals surface area contributed by atoms with Crippen molar-refractivity contribution in [2.75, 3.05) is 16.0 Å². The van der Waals surface area contributed by atoms with E-state index < -0.39 is 0 Å². The van der Waals surface area contributed by atoms with E-state index in [0.717, 1.165) is 0 Å². The number of benzene rings is 2. The van der Waals surface area contributed by atoms with Crippen LogP contribution in [-0.4, -0.2) is 21.1 Å². The molecule has 3 aromatic rings. The summed E-state index contributed by atoms with van der Waals surface area (Å²) in [6, 6.07) is 16.4. The number of nitrogens with zero attached hydrogens (tertiary/aromatic N) is 4. The van der Waals surface area contributed by atoms with Crippen LogP contribution < -0.4 is 16.0 Å². The molecule has 0 aliphatic carbocycles. The number of carbonyl (C=O) groups excluding carboxylic acids is 1. The van der Waals surface area contributed by atoms with Crippen molar-refractivity contribution in [3.8, 4) is 6.07 Å². The summed E-state index contributed by atoms with van der Waals surface area (Å²) in [5.41, 5.74) is 2.50. The smallest absolute Gasteiger partial charge is 0.249 e. The van der Waals surface area contributed by atoms with Crippen LogP contribution in [0.25, 0.3) is 0 Å². The van der Waals surface area contributed by atoms with Crippen LogP contribution in [0.2, 0.25) is 0 Å². The van der Waals surface area contributed by atoms with Crippen molar-refractivity contribution in [2.45, 2.75) is 6.92 Å². The Kier molecular flexibility index (Phi) is 5.00. The Labute approximate surface area is 149 Å². The molecule has 26 heavy (non-hydrogen) atoms. The van der Waals surface area contributed by atoms with E-state index in [0.29, 0.717) is 28.4 Å². The van der Waals surface area contributed by atoms with Gasteiger partial charge in [-0.25, -0.2) is 0 Å². The van der Waals surface area contributed by atoms with Crippen LogP contribution in [-0.2, 0) is 4.79 Å². The van der Waals surface area contributed by atoms with Gasteiger partial charge in [0.1, 0.15) is 6.07 Å². The fraction of sp³-hybridized carbons (Fsp3) is 0.0556. The van der Waals surface area contributed by atoms with Crippen molar-refractivity contribution < 1.29 is 4.79 Å². The second-order valence-corrected chi connectivity index (χ2v) is 5.33. The first-order chi connectivity index (χ1) is 12.6. The molecule has 0 aliphatic rings. The van der Waals surface area contributed by atoms with Crippen molar-refractivity contribution in [1.82, 2.24) is 15.2 Å². The topological polar surface area (TPSA) is 116 Å². The third kappa shape index (κ3) is 4.30. The third-order valence-electron chi connectivity index (χ3n) is 3.31. The number of anilines is 5. The predicted molar refractivity (Wildman–Crippen MR) is 98.3 cm³/mol. The van der Waals surface area contributed by atoms with E-state index in [1.54, 1.807) is 36.4 Å². The van der Waals surface area contributed by atoms with Crippen molar-refractivity contribution in [3.63, 3.8) is 0 Å². The highest BCUT2D eigenvalue weighted by Gasteiger charge is 2.06. The number of carbonyl (C=O) groups is 1. The van der Waals surface area contributed by atoms with Gasteiger partial charge in [-0.1, -0.05) is 18.2 Å². The Morgan fingerprint density at radius 3 is 2.69 bits per heavy atom. The molecule has 0 fully saturated rings. The summed E-state index contributed by atoms with van der Waals surface area (Å²) in [7, 11) is 0. The first kappa shape index (κ1) is 16.9. The Hall–Kier alpha value is -3.99. The molecule has 2 aromatic carbocycles. The number of hydrogen-bond donors (Lipinski definition) is 3. The number of aromatic nitrogens is 3. The Bertz CT molecular complexity index is 981. The number of para-hydroxylation sites is 1. The molecule has 8 heteroatoms. The van der Waals surface area contributed by atoms with Crippen LogP contribution in [0.5, 0.6) is 0 Å². The van der Waals surface area contributed by atoms with Crippen molar-refractivity contribution >= 4 is 34.7 Å². The SMILES string of the molecule is CC(=O)Nc1cccc(Nc2nncc(Nc3ccccc3C#N)n2)c1. The third-order valence-corrected chi connectivity index (χ3v) is 3.31. The van der Waals surface area contributed by atoms with Crippen LogP contribution in [0, 0.1) is 11.3 Å². The van der Waals surface area contributed by atoms with Gasteiger partial charge in [0.25, 0.3) is 0 Å². The summed E-state index contributed by atoms with van der Waals surface area (Å²) in [4.78, 5) is 15.5. The van der Waals surface area contributed by atoms with Gasteiger partial charge >= 0.3 is 0 Å². The molecular weight excluding hydrogens is 330 g/mol. The van der Waals surface area contributed by atoms with Gasteiger partial charge in [-0.3, -0.25) is 4.79 Å². The molecule has 3 rings (SSSR count). The highest BCUT2D eigenvalue weighted by atomic mass is 16.1. The maximum absolute atomic E-state index is 11.2. The van der Waals surface area contributed by atoms with Gasteiger partial charge in [0, 0.05) is 18.3 Å². The lowest BCUT2D eigenvalue weighted by molar-refractivity contribution is -0.114. The molecule has 8 nitrogen and oxygen atoms in total. The van der Waals surface area contributed by atoms with Crippen LogP contribution in [0.15, 0.2) is 54.7 Å². The summed E-state index contributed by atoms with van der Waals surface area (Å²) >= 11 is 0. The Morgan fingerprint density at radius 1 is 1.08 bits per heavy atom. The van der Waals surface area contributed by atoms with E-state index in [1.165, 1.54) is 13.1 Å². The second kappa shape index (κ2) is 7.72. The fourth-order valence-electron chi connectivity index (χ4n) is 2.25. The minimum absolute atomic E-state index is 0.151. The molecule has 0 saturated carbocycles. The summed E-state index contributed by atoms with van der Waals surface area (Å²) < 4.78 is 0. The molecule has 1 amide bonds. The van der Waals surface area contributed by atoms with Crippen molar-refractivity contribution in [1.29, 1.82) is 5.26 Å². The number of hydrogen-bond acceptors (Lipinski definition) is 7. The molecule has 0 radical (unpaired) electrons. The van der Waals surface area contributed by atoms with Gasteiger partial charge in [0.2, 0.25) is 11.9 Å². The molecule has 0 spiro atoms. The first-order valence-corrected chi connectivity index (χ1v) is 7.74. The zero-order chi connectivity index (χ0) is 18.4. The minimum Gasteiger partial charge on any atom is -0.338 e. The molecule has 3 N–H and O–H groups in total. The molecule has 0 bridgehead atoms. The van der Waals surface area contributed by atoms with Crippen LogP contribution in [0.4, 0.5) is 28.8 Å². The lowest BCUT2D eigenvalue weighted by Gasteiger charge is -2.09. The van der Waals surface area contributed by atoms with E-state index in [4.69, 9.17) is 5.26 Å². The maximum atomic E-state index is 11.2. The highest BCUT2D eigenvalue weighted by molar-refractivity contribution is 5.89. The highest BCUT2D eigenvalue weighted by Crippen LogP contribution is 2.21. The Balaban J connectivity index is 1.78. The second-order valence-electron chi connectivity index (χ2n) is 5.33. The number of nitrogens with one attached hydrogen (secondary N) is 3. The van der Waals surface area contributed by atoms with E-state index in [2.05, 4.69) is 37.2 Å². The summed E-state index contributed by atoms with van der Waals surface area (Å²) in [6.07, 6.45) is 1.47. The number of amides is 1. The molecule has 128 valence electrons. The number of rotatable bonds is 5. The van der Waals surface area contributed by atoms with Gasteiger partial charge in [-0.15, -0.1) is 5.10 Å². The number of nitriles is 1. The van der Waals surface area contributed by atoms with Gasteiger partial charge in [-0.2, -0.15) is 15.3 Å². The summed E-state index contributed by atoms with van der Waals surface area (Å²) in [6.45, 7) is 1.45. The fourth-order valence-corrected chi connectivity index (χ4v) is 2.25. The summed E-state index contributed by atoms with van der Waals surface area (Å²) in [5.74, 6) is 0.579. The molecule has 0 aliphatic heterocycles. The van der Waals surface area contributed by atoms with E-state index >= 15 is 0 Å². The maximum Gasteiger partial charge on any atom is 0.249 e. The largest absolute Gasteiger partial charge is 0.338 e. The predicted octanol–water partition coefficient (Wildman–Crippen LogP) is 3.19. The van der Waals surface area contributed by atoms with E-state index in [1.807, 2.05) is 12.1 Å². The summed E-state index contributed by atoms with van der Waals surface area (Å²) in [5, 5.41) is 25.8. The van der Waals surface area contributed by atoms with Crippen molar-refractivity contribution in [3.05, 3.63) is 60.3 Å². The average Bonchev–Trinajstić information content (AvgIpc) is 2.62. The van der Waals surface area contributed by atoms with Crippen molar-refractivity contribution in [2.24, 2.45) is 0 Å². The quantitative estimate of drug-likeness (QED) is 0.650. The minimum atomic E-state index is -0.151. The van der Waals surface area contributed by atoms with Gasteiger partial charge in [0.15, 0.2) is 5.82 Å². The van der Waals surface area contributed by atoms with Gasteiger partial charge in [0.05, 0.1) is 17.4 Å². The zero-order valence-corrected chi connectivity index (χ0v) is 13.9. The molecular formula is C18H15N7O. The standard InChI is InChI=1S/C18H15N7O/c1-12(26)21-14-6-4-7-15(9-14)22-18-24-17(11-20-25-18)23-16-8-3-2-5-13(16)10-19/h2-9,11H,1H3,(H,21,26)(H2,22,23,24,25). The van der Waals surface area contributed by atoms with Crippen LogP contribution >= 0.6 is 0 Å². The molecule has 0 atom stereocenters. The monoisotopic (exact) mass is 345 g/mol. The Morgan fingerprint density at radius 2 is 1.88 bits per heavy atom.